The molecule has 5 rings (SSSR count). The maximum Gasteiger partial charge on any atom is 0.265 e. The monoisotopic (exact) mass is 557 g/mol. The van der Waals surface area contributed by atoms with Crippen LogP contribution >= 0.6 is 0 Å². The van der Waals surface area contributed by atoms with E-state index in [0.717, 1.165) is 15.9 Å². The van der Waals surface area contributed by atoms with Gasteiger partial charge in [-0.3, -0.25) is 13.9 Å². The molecule has 7 nitrogen and oxygen atoms in total. The van der Waals surface area contributed by atoms with Crippen molar-refractivity contribution in [3.63, 3.8) is 0 Å². The standard InChI is InChI=1S/C31H28FN3O4S/c1-31(2,3)21-13-11-20(12-14-21)30(37)34-24-8-6-7-23(18-24)33-29(36)19-35-27-16-15-22(32)17-26(27)25-9-4-5-10-28(25)40(35,38)39/h4-18H,19H2,1-3H3,(H,33,36)(H,34,37). The highest BCUT2D eigenvalue weighted by molar-refractivity contribution is 7.93. The molecule has 0 unspecified atom stereocenters. The number of anilines is 3. The Balaban J connectivity index is 1.32. The minimum Gasteiger partial charge on any atom is -0.324 e. The first kappa shape index (κ1) is 27.1. The third-order valence-corrected chi connectivity index (χ3v) is 8.49. The van der Waals surface area contributed by atoms with Gasteiger partial charge in [-0.15, -0.1) is 0 Å². The fraction of sp³-hybridized carbons (Fsp3) is 0.161. The Bertz CT molecular complexity index is 1730. The van der Waals surface area contributed by atoms with E-state index in [1.54, 1.807) is 54.6 Å². The molecule has 2 N–H and O–H groups in total. The summed E-state index contributed by atoms with van der Waals surface area (Å²) >= 11 is 0. The molecule has 204 valence electrons. The number of nitrogens with zero attached hydrogens (tertiary/aromatic N) is 1. The molecule has 0 fully saturated rings. The molecule has 1 aliphatic rings. The second-order valence-electron chi connectivity index (χ2n) is 10.6. The Labute approximate surface area is 232 Å². The molecule has 0 bridgehead atoms. The summed E-state index contributed by atoms with van der Waals surface area (Å²) in [4.78, 5) is 25.8. The van der Waals surface area contributed by atoms with Gasteiger partial charge in [0.15, 0.2) is 0 Å². The maximum absolute atomic E-state index is 14.1. The number of carbonyl (C=O) groups excluding carboxylic acids is 2. The largest absolute Gasteiger partial charge is 0.324 e. The molecular formula is C31H28FN3O4S. The van der Waals surface area contributed by atoms with Gasteiger partial charge in [0.2, 0.25) is 5.91 Å². The highest BCUT2D eigenvalue weighted by atomic mass is 32.2. The summed E-state index contributed by atoms with van der Waals surface area (Å²) in [7, 11) is -4.07. The Morgan fingerprint density at radius 3 is 2.17 bits per heavy atom. The molecule has 0 saturated carbocycles. The van der Waals surface area contributed by atoms with E-state index < -0.39 is 28.3 Å². The van der Waals surface area contributed by atoms with Crippen LogP contribution < -0.4 is 14.9 Å². The summed E-state index contributed by atoms with van der Waals surface area (Å²) in [5.41, 5.74) is 3.39. The lowest BCUT2D eigenvalue weighted by molar-refractivity contribution is -0.114. The molecule has 0 aliphatic carbocycles. The fourth-order valence-electron chi connectivity index (χ4n) is 4.60. The average Bonchev–Trinajstić information content (AvgIpc) is 2.91. The number of benzene rings is 4. The summed E-state index contributed by atoms with van der Waals surface area (Å²) in [6.07, 6.45) is 0. The lowest BCUT2D eigenvalue weighted by Gasteiger charge is -2.31. The van der Waals surface area contributed by atoms with Crippen LogP contribution in [-0.2, 0) is 20.2 Å². The first-order chi connectivity index (χ1) is 18.9. The number of hydrogen-bond acceptors (Lipinski definition) is 4. The summed E-state index contributed by atoms with van der Waals surface area (Å²) in [5.74, 6) is -1.41. The molecular weight excluding hydrogens is 529 g/mol. The van der Waals surface area contributed by atoms with Crippen LogP contribution in [0, 0.1) is 5.82 Å². The van der Waals surface area contributed by atoms with E-state index >= 15 is 0 Å². The number of carbonyl (C=O) groups is 2. The molecule has 0 aromatic heterocycles. The Hall–Kier alpha value is -4.50. The summed E-state index contributed by atoms with van der Waals surface area (Å²) in [6.45, 7) is 5.77. The van der Waals surface area contributed by atoms with Crippen molar-refractivity contribution in [3.8, 4) is 11.1 Å². The maximum atomic E-state index is 14.1. The topological polar surface area (TPSA) is 95.6 Å². The summed E-state index contributed by atoms with van der Waals surface area (Å²) in [5, 5.41) is 5.52. The number of amides is 2. The average molecular weight is 558 g/mol. The van der Waals surface area contributed by atoms with Gasteiger partial charge >= 0.3 is 0 Å². The van der Waals surface area contributed by atoms with Crippen molar-refractivity contribution >= 4 is 38.9 Å². The zero-order valence-electron chi connectivity index (χ0n) is 22.2. The molecule has 0 spiro atoms. The predicted molar refractivity (Wildman–Crippen MR) is 155 cm³/mol. The van der Waals surface area contributed by atoms with E-state index in [-0.39, 0.29) is 21.9 Å². The van der Waals surface area contributed by atoms with Crippen LogP contribution in [0.1, 0.15) is 36.7 Å². The second kappa shape index (κ2) is 10.2. The van der Waals surface area contributed by atoms with Crippen LogP contribution in [0.4, 0.5) is 21.5 Å². The smallest absolute Gasteiger partial charge is 0.265 e. The lowest BCUT2D eigenvalue weighted by Crippen LogP contribution is -2.40. The number of hydrogen-bond donors (Lipinski definition) is 2. The van der Waals surface area contributed by atoms with E-state index in [4.69, 9.17) is 0 Å². The normalized spacial score (nSPS) is 13.7. The zero-order valence-corrected chi connectivity index (χ0v) is 23.1. The Morgan fingerprint density at radius 2 is 1.48 bits per heavy atom. The SMILES string of the molecule is CC(C)(C)c1ccc(C(=O)Nc2cccc(NC(=O)CN3c4ccc(F)cc4-c4ccccc4S3(=O)=O)c2)cc1. The highest BCUT2D eigenvalue weighted by Gasteiger charge is 2.36. The van der Waals surface area contributed by atoms with Crippen molar-refractivity contribution in [1.82, 2.24) is 0 Å². The molecule has 4 aromatic carbocycles. The molecule has 2 amide bonds. The quantitative estimate of drug-likeness (QED) is 0.306. The highest BCUT2D eigenvalue weighted by Crippen LogP contribution is 2.43. The predicted octanol–water partition coefficient (Wildman–Crippen LogP) is 6.19. The molecule has 1 aliphatic heterocycles. The molecule has 4 aromatic rings. The van der Waals surface area contributed by atoms with E-state index in [0.29, 0.717) is 28.1 Å². The summed E-state index contributed by atoms with van der Waals surface area (Å²) < 4.78 is 41.9. The molecule has 1 heterocycles. The van der Waals surface area contributed by atoms with Gasteiger partial charge < -0.3 is 10.6 Å². The van der Waals surface area contributed by atoms with Gasteiger partial charge in [0, 0.05) is 28.1 Å². The first-order valence-electron chi connectivity index (χ1n) is 12.7. The van der Waals surface area contributed by atoms with E-state index in [9.17, 15) is 22.4 Å². The first-order valence-corrected chi connectivity index (χ1v) is 14.1. The van der Waals surface area contributed by atoms with Gasteiger partial charge in [-0.05, 0) is 65.6 Å². The fourth-order valence-corrected chi connectivity index (χ4v) is 6.25. The second-order valence-corrected chi connectivity index (χ2v) is 12.4. The van der Waals surface area contributed by atoms with Crippen LogP contribution in [0.5, 0.6) is 0 Å². The van der Waals surface area contributed by atoms with Crippen LogP contribution in [-0.4, -0.2) is 26.8 Å². The Morgan fingerprint density at radius 1 is 0.800 bits per heavy atom. The van der Waals surface area contributed by atoms with Gasteiger partial charge in [0.05, 0.1) is 10.6 Å². The minimum absolute atomic E-state index is 0.00106. The lowest BCUT2D eigenvalue weighted by atomic mass is 9.87. The van der Waals surface area contributed by atoms with Crippen molar-refractivity contribution in [2.75, 3.05) is 21.5 Å². The molecule has 0 saturated heterocycles. The van der Waals surface area contributed by atoms with Crippen LogP contribution in [0.2, 0.25) is 0 Å². The molecule has 0 atom stereocenters. The third-order valence-electron chi connectivity index (χ3n) is 6.68. The van der Waals surface area contributed by atoms with Gasteiger partial charge in [-0.1, -0.05) is 57.2 Å². The van der Waals surface area contributed by atoms with Crippen molar-refractivity contribution in [1.29, 1.82) is 0 Å². The minimum atomic E-state index is -4.07. The number of halogens is 1. The molecule has 0 radical (unpaired) electrons. The van der Waals surface area contributed by atoms with Gasteiger partial charge in [-0.2, -0.15) is 0 Å². The van der Waals surface area contributed by atoms with Gasteiger partial charge in [0.25, 0.3) is 15.9 Å². The van der Waals surface area contributed by atoms with Gasteiger partial charge in [-0.25, -0.2) is 12.8 Å². The molecule has 9 heteroatoms. The third kappa shape index (κ3) is 5.33. The van der Waals surface area contributed by atoms with Crippen molar-refractivity contribution in [2.45, 2.75) is 31.1 Å². The van der Waals surface area contributed by atoms with Crippen molar-refractivity contribution in [2.24, 2.45) is 0 Å². The van der Waals surface area contributed by atoms with Crippen molar-refractivity contribution in [3.05, 3.63) is 108 Å². The van der Waals surface area contributed by atoms with E-state index in [1.165, 1.54) is 18.2 Å². The van der Waals surface area contributed by atoms with E-state index in [2.05, 4.69) is 31.4 Å². The Kier molecular flexibility index (Phi) is 6.93. The van der Waals surface area contributed by atoms with Crippen LogP contribution in [0.25, 0.3) is 11.1 Å². The number of fused-ring (bicyclic) bond motifs is 3. The summed E-state index contributed by atoms with van der Waals surface area (Å²) in [6, 6.07) is 24.0. The number of nitrogens with one attached hydrogen (secondary N) is 2. The van der Waals surface area contributed by atoms with E-state index in [1.807, 2.05) is 12.1 Å². The molecule has 40 heavy (non-hydrogen) atoms. The van der Waals surface area contributed by atoms with Crippen LogP contribution in [0.3, 0.4) is 0 Å². The van der Waals surface area contributed by atoms with Crippen LogP contribution in [0.15, 0.2) is 95.9 Å². The van der Waals surface area contributed by atoms with Gasteiger partial charge in [0.1, 0.15) is 12.4 Å². The number of rotatable bonds is 5. The van der Waals surface area contributed by atoms with Crippen molar-refractivity contribution < 1.29 is 22.4 Å². The zero-order chi connectivity index (χ0) is 28.7. The number of sulfonamides is 1.